The van der Waals surface area contributed by atoms with Crippen molar-refractivity contribution in [1.29, 1.82) is 0 Å². The van der Waals surface area contributed by atoms with Crippen molar-refractivity contribution in [3.63, 3.8) is 0 Å². The van der Waals surface area contributed by atoms with Gasteiger partial charge < -0.3 is 0 Å². The third-order valence-corrected chi connectivity index (χ3v) is 4.52. The zero-order valence-corrected chi connectivity index (χ0v) is 11.8. The first-order valence-electron chi connectivity index (χ1n) is 5.58. The van der Waals surface area contributed by atoms with Crippen LogP contribution >= 0.6 is 11.6 Å². The van der Waals surface area contributed by atoms with Crippen LogP contribution in [0.4, 0.5) is 0 Å². The second kappa shape index (κ2) is 5.68. The SMILES string of the molecule is Cn1nccc1CCNS(=O)(=O)c1cccnc1Cl. The highest BCUT2D eigenvalue weighted by atomic mass is 35.5. The first kappa shape index (κ1) is 14.0. The highest BCUT2D eigenvalue weighted by Gasteiger charge is 2.17. The van der Waals surface area contributed by atoms with E-state index in [1.54, 1.807) is 10.9 Å². The van der Waals surface area contributed by atoms with Crippen LogP contribution in [0.15, 0.2) is 35.5 Å². The lowest BCUT2D eigenvalue weighted by Gasteiger charge is -2.07. The number of sulfonamides is 1. The maximum Gasteiger partial charge on any atom is 0.243 e. The Morgan fingerprint density at radius 3 is 2.79 bits per heavy atom. The molecule has 0 bridgehead atoms. The molecule has 0 aliphatic rings. The largest absolute Gasteiger partial charge is 0.273 e. The van der Waals surface area contributed by atoms with Gasteiger partial charge in [-0.05, 0) is 18.2 Å². The fourth-order valence-electron chi connectivity index (χ4n) is 1.61. The average Bonchev–Trinajstić information content (AvgIpc) is 2.75. The maximum absolute atomic E-state index is 12.0. The average molecular weight is 301 g/mol. The Hall–Kier alpha value is -1.44. The molecule has 0 aliphatic heterocycles. The van der Waals surface area contributed by atoms with E-state index in [0.29, 0.717) is 6.42 Å². The van der Waals surface area contributed by atoms with Crippen LogP contribution in [0.5, 0.6) is 0 Å². The van der Waals surface area contributed by atoms with Gasteiger partial charge in [0.2, 0.25) is 10.0 Å². The molecule has 0 saturated heterocycles. The molecule has 0 unspecified atom stereocenters. The second-order valence-electron chi connectivity index (χ2n) is 3.89. The first-order valence-corrected chi connectivity index (χ1v) is 7.44. The molecule has 1 N–H and O–H groups in total. The lowest BCUT2D eigenvalue weighted by atomic mass is 10.3. The molecule has 0 atom stereocenters. The van der Waals surface area contributed by atoms with Crippen LogP contribution in [0.2, 0.25) is 5.15 Å². The van der Waals surface area contributed by atoms with Crippen molar-refractivity contribution in [1.82, 2.24) is 19.5 Å². The van der Waals surface area contributed by atoms with Gasteiger partial charge in [0.1, 0.15) is 10.0 Å². The van der Waals surface area contributed by atoms with E-state index in [4.69, 9.17) is 11.6 Å². The molecular formula is C11H13ClN4O2S. The molecule has 2 aromatic heterocycles. The summed E-state index contributed by atoms with van der Waals surface area (Å²) in [7, 11) is -1.82. The Morgan fingerprint density at radius 2 is 2.16 bits per heavy atom. The number of nitrogens with zero attached hydrogens (tertiary/aromatic N) is 3. The monoisotopic (exact) mass is 300 g/mol. The topological polar surface area (TPSA) is 76.9 Å². The quantitative estimate of drug-likeness (QED) is 0.835. The number of hydrogen-bond donors (Lipinski definition) is 1. The third kappa shape index (κ3) is 3.31. The van der Waals surface area contributed by atoms with Gasteiger partial charge in [-0.3, -0.25) is 4.68 Å². The highest BCUT2D eigenvalue weighted by Crippen LogP contribution is 2.17. The summed E-state index contributed by atoms with van der Waals surface area (Å²) in [5, 5.41) is 3.98. The van der Waals surface area contributed by atoms with Gasteiger partial charge in [-0.15, -0.1) is 0 Å². The van der Waals surface area contributed by atoms with Gasteiger partial charge in [-0.25, -0.2) is 18.1 Å². The van der Waals surface area contributed by atoms with Gasteiger partial charge in [0.15, 0.2) is 0 Å². The molecular weight excluding hydrogens is 288 g/mol. The summed E-state index contributed by atoms with van der Waals surface area (Å²) in [4.78, 5) is 3.74. The van der Waals surface area contributed by atoms with Crippen LogP contribution in [-0.4, -0.2) is 29.7 Å². The Morgan fingerprint density at radius 1 is 1.37 bits per heavy atom. The fourth-order valence-corrected chi connectivity index (χ4v) is 3.09. The van der Waals surface area contributed by atoms with E-state index >= 15 is 0 Å². The fraction of sp³-hybridized carbons (Fsp3) is 0.273. The lowest BCUT2D eigenvalue weighted by Crippen LogP contribution is -2.26. The van der Waals surface area contributed by atoms with Crippen molar-refractivity contribution in [3.8, 4) is 0 Å². The number of rotatable bonds is 5. The van der Waals surface area contributed by atoms with Crippen molar-refractivity contribution < 1.29 is 8.42 Å². The zero-order valence-electron chi connectivity index (χ0n) is 10.2. The number of aromatic nitrogens is 3. The molecule has 2 heterocycles. The molecule has 6 nitrogen and oxygen atoms in total. The molecule has 19 heavy (non-hydrogen) atoms. The number of halogens is 1. The van der Waals surface area contributed by atoms with Gasteiger partial charge in [0.25, 0.3) is 0 Å². The van der Waals surface area contributed by atoms with E-state index in [0.717, 1.165) is 5.69 Å². The van der Waals surface area contributed by atoms with E-state index < -0.39 is 10.0 Å². The standard InChI is InChI=1S/C11H13ClN4O2S/c1-16-9(4-7-14-16)5-8-15-19(17,18)10-3-2-6-13-11(10)12/h2-4,6-7,15H,5,8H2,1H3. The van der Waals surface area contributed by atoms with Gasteiger partial charge in [0.05, 0.1) is 0 Å². The smallest absolute Gasteiger partial charge is 0.243 e. The van der Waals surface area contributed by atoms with Crippen molar-refractivity contribution in [2.75, 3.05) is 6.54 Å². The third-order valence-electron chi connectivity index (χ3n) is 2.61. The summed E-state index contributed by atoms with van der Waals surface area (Å²) in [6, 6.07) is 4.79. The summed E-state index contributed by atoms with van der Waals surface area (Å²) < 4.78 is 28.2. The summed E-state index contributed by atoms with van der Waals surface area (Å²) in [5.41, 5.74) is 0.944. The van der Waals surface area contributed by atoms with Crippen molar-refractivity contribution >= 4 is 21.6 Å². The predicted molar refractivity (Wildman–Crippen MR) is 71.3 cm³/mol. The number of nitrogens with one attached hydrogen (secondary N) is 1. The Bertz CT molecular complexity index is 669. The Kier molecular flexibility index (Phi) is 4.18. The first-order chi connectivity index (χ1) is 9.00. The molecule has 102 valence electrons. The summed E-state index contributed by atoms with van der Waals surface area (Å²) in [6.07, 6.45) is 3.66. The van der Waals surface area contributed by atoms with Crippen LogP contribution in [0.25, 0.3) is 0 Å². The second-order valence-corrected chi connectivity index (χ2v) is 5.98. The minimum absolute atomic E-state index is 0.0123. The number of aryl methyl sites for hydroxylation is 1. The van der Waals surface area contributed by atoms with Gasteiger partial charge >= 0.3 is 0 Å². The van der Waals surface area contributed by atoms with Gasteiger partial charge in [-0.1, -0.05) is 11.6 Å². The lowest BCUT2D eigenvalue weighted by molar-refractivity contribution is 0.579. The van der Waals surface area contributed by atoms with Crippen LogP contribution in [-0.2, 0) is 23.5 Å². The van der Waals surface area contributed by atoms with Gasteiger partial charge in [-0.2, -0.15) is 5.10 Å². The van der Waals surface area contributed by atoms with E-state index in [-0.39, 0.29) is 16.6 Å². The molecule has 8 heteroatoms. The molecule has 0 spiro atoms. The van der Waals surface area contributed by atoms with E-state index in [9.17, 15) is 8.42 Å². The van der Waals surface area contributed by atoms with Crippen LogP contribution in [0.3, 0.4) is 0 Å². The normalized spacial score (nSPS) is 11.7. The molecule has 0 saturated carbocycles. The number of hydrogen-bond acceptors (Lipinski definition) is 4. The predicted octanol–water partition coefficient (Wildman–Crippen LogP) is 0.989. The molecule has 0 radical (unpaired) electrons. The van der Waals surface area contributed by atoms with E-state index in [1.807, 2.05) is 13.1 Å². The minimum atomic E-state index is -3.63. The Labute approximate surface area is 116 Å². The molecule has 0 aliphatic carbocycles. The number of pyridine rings is 1. The van der Waals surface area contributed by atoms with Crippen molar-refractivity contribution in [2.45, 2.75) is 11.3 Å². The Balaban J connectivity index is 2.03. The van der Waals surface area contributed by atoms with Crippen LogP contribution in [0, 0.1) is 0 Å². The van der Waals surface area contributed by atoms with Gasteiger partial charge in [0, 0.05) is 38.1 Å². The summed E-state index contributed by atoms with van der Waals surface area (Å²) in [5.74, 6) is 0. The van der Waals surface area contributed by atoms with Crippen molar-refractivity contribution in [2.24, 2.45) is 7.05 Å². The van der Waals surface area contributed by atoms with Crippen LogP contribution < -0.4 is 4.72 Å². The van der Waals surface area contributed by atoms with Crippen molar-refractivity contribution in [3.05, 3.63) is 41.4 Å². The summed E-state index contributed by atoms with van der Waals surface area (Å²) in [6.45, 7) is 0.271. The molecule has 0 amide bonds. The van der Waals surface area contributed by atoms with E-state index in [2.05, 4.69) is 14.8 Å². The molecule has 2 aromatic rings. The molecule has 0 aromatic carbocycles. The minimum Gasteiger partial charge on any atom is -0.273 e. The zero-order chi connectivity index (χ0) is 13.9. The van der Waals surface area contributed by atoms with E-state index in [1.165, 1.54) is 18.3 Å². The maximum atomic E-state index is 12.0. The molecule has 0 fully saturated rings. The molecule has 2 rings (SSSR count). The summed E-state index contributed by atoms with van der Waals surface area (Å²) >= 11 is 5.77. The highest BCUT2D eigenvalue weighted by molar-refractivity contribution is 7.89. The van der Waals surface area contributed by atoms with Crippen LogP contribution in [0.1, 0.15) is 5.69 Å².